The number of aliphatic carboxylic acids is 1. The van der Waals surface area contributed by atoms with E-state index in [1.165, 1.54) is 11.0 Å². The number of carbonyl (C=O) groups is 2. The Kier molecular flexibility index (Phi) is 4.66. The molecule has 1 N–H and O–H groups in total. The SMILES string of the molecule is CC(C)CN1C(=O)CC(C(=O)O)C1c1ccc(Br)cc1F. The summed E-state index contributed by atoms with van der Waals surface area (Å²) < 4.78 is 14.8. The van der Waals surface area contributed by atoms with Crippen LogP contribution in [0, 0.1) is 17.7 Å². The molecule has 114 valence electrons. The van der Waals surface area contributed by atoms with Crippen LogP contribution in [0.3, 0.4) is 0 Å². The molecule has 2 atom stereocenters. The average Bonchev–Trinajstić information content (AvgIpc) is 2.67. The molecule has 1 amide bonds. The molecule has 0 aromatic heterocycles. The van der Waals surface area contributed by atoms with E-state index in [-0.39, 0.29) is 23.8 Å². The molecule has 1 fully saturated rings. The van der Waals surface area contributed by atoms with Crippen LogP contribution in [-0.2, 0) is 9.59 Å². The van der Waals surface area contributed by atoms with Gasteiger partial charge in [-0.1, -0.05) is 35.8 Å². The molecule has 1 aliphatic rings. The van der Waals surface area contributed by atoms with E-state index < -0.39 is 23.7 Å². The lowest BCUT2D eigenvalue weighted by molar-refractivity contribution is -0.142. The summed E-state index contributed by atoms with van der Waals surface area (Å²) >= 11 is 3.18. The zero-order valence-corrected chi connectivity index (χ0v) is 13.4. The van der Waals surface area contributed by atoms with Gasteiger partial charge in [0.05, 0.1) is 12.0 Å². The third kappa shape index (κ3) is 3.26. The Balaban J connectivity index is 2.46. The van der Waals surface area contributed by atoms with Crippen LogP contribution < -0.4 is 0 Å². The molecule has 0 radical (unpaired) electrons. The first kappa shape index (κ1) is 15.9. The molecule has 4 nitrogen and oxygen atoms in total. The van der Waals surface area contributed by atoms with Gasteiger partial charge >= 0.3 is 5.97 Å². The lowest BCUT2D eigenvalue weighted by atomic mass is 9.93. The monoisotopic (exact) mass is 357 g/mol. The van der Waals surface area contributed by atoms with Gasteiger partial charge in [-0.3, -0.25) is 9.59 Å². The lowest BCUT2D eigenvalue weighted by Gasteiger charge is -2.29. The van der Waals surface area contributed by atoms with E-state index in [1.54, 1.807) is 12.1 Å². The molecule has 1 saturated heterocycles. The van der Waals surface area contributed by atoms with Gasteiger partial charge in [-0.2, -0.15) is 0 Å². The number of carboxylic acid groups (broad SMARTS) is 1. The van der Waals surface area contributed by atoms with Crippen molar-refractivity contribution < 1.29 is 19.1 Å². The first-order valence-corrected chi connectivity index (χ1v) is 7.57. The van der Waals surface area contributed by atoms with Crippen molar-refractivity contribution in [3.05, 3.63) is 34.1 Å². The number of carboxylic acids is 1. The van der Waals surface area contributed by atoms with Crippen LogP contribution >= 0.6 is 15.9 Å². The van der Waals surface area contributed by atoms with Gasteiger partial charge in [0.15, 0.2) is 0 Å². The fourth-order valence-electron chi connectivity index (χ4n) is 2.75. The standard InChI is InChI=1S/C15H17BrFNO3/c1-8(2)7-18-13(19)6-11(15(20)21)14(18)10-4-3-9(16)5-12(10)17/h3-5,8,11,14H,6-7H2,1-2H3,(H,20,21). The second-order valence-electron chi connectivity index (χ2n) is 5.70. The van der Waals surface area contributed by atoms with Crippen molar-refractivity contribution in [1.82, 2.24) is 4.90 Å². The number of benzene rings is 1. The minimum atomic E-state index is -1.07. The fourth-order valence-corrected chi connectivity index (χ4v) is 3.08. The summed E-state index contributed by atoms with van der Waals surface area (Å²) in [6, 6.07) is 3.76. The van der Waals surface area contributed by atoms with E-state index in [4.69, 9.17) is 0 Å². The number of carbonyl (C=O) groups excluding carboxylic acids is 1. The number of hydrogen-bond acceptors (Lipinski definition) is 2. The zero-order chi connectivity index (χ0) is 15.7. The predicted molar refractivity (Wildman–Crippen MR) is 79.1 cm³/mol. The maximum atomic E-state index is 14.2. The van der Waals surface area contributed by atoms with E-state index in [0.717, 1.165) is 0 Å². The van der Waals surface area contributed by atoms with Crippen molar-refractivity contribution in [3.63, 3.8) is 0 Å². The molecule has 1 aliphatic heterocycles. The maximum absolute atomic E-state index is 14.2. The molecule has 0 spiro atoms. The number of rotatable bonds is 4. The molecule has 1 aromatic carbocycles. The summed E-state index contributed by atoms with van der Waals surface area (Å²) in [7, 11) is 0. The van der Waals surface area contributed by atoms with E-state index in [1.807, 2.05) is 13.8 Å². The van der Waals surface area contributed by atoms with Crippen LogP contribution in [0.5, 0.6) is 0 Å². The molecule has 21 heavy (non-hydrogen) atoms. The Bertz CT molecular complexity index is 576. The Morgan fingerprint density at radius 2 is 2.19 bits per heavy atom. The molecule has 0 bridgehead atoms. The minimum Gasteiger partial charge on any atom is -0.481 e. The van der Waals surface area contributed by atoms with Crippen molar-refractivity contribution in [2.75, 3.05) is 6.54 Å². The second-order valence-corrected chi connectivity index (χ2v) is 6.62. The molecule has 1 aromatic rings. The Labute approximate surface area is 131 Å². The van der Waals surface area contributed by atoms with Crippen LogP contribution in [0.2, 0.25) is 0 Å². The smallest absolute Gasteiger partial charge is 0.309 e. The first-order chi connectivity index (χ1) is 9.81. The van der Waals surface area contributed by atoms with Crippen molar-refractivity contribution in [3.8, 4) is 0 Å². The second kappa shape index (κ2) is 6.13. The van der Waals surface area contributed by atoms with Gasteiger partial charge < -0.3 is 10.0 Å². The van der Waals surface area contributed by atoms with Crippen molar-refractivity contribution in [1.29, 1.82) is 0 Å². The van der Waals surface area contributed by atoms with Crippen LogP contribution in [0.1, 0.15) is 31.9 Å². The van der Waals surface area contributed by atoms with Gasteiger partial charge in [0, 0.05) is 23.0 Å². The molecule has 6 heteroatoms. The number of halogens is 2. The van der Waals surface area contributed by atoms with Crippen LogP contribution in [0.25, 0.3) is 0 Å². The maximum Gasteiger partial charge on any atom is 0.309 e. The van der Waals surface area contributed by atoms with Crippen molar-refractivity contribution in [2.24, 2.45) is 11.8 Å². The summed E-state index contributed by atoms with van der Waals surface area (Å²) in [6.07, 6.45) is -0.0811. The van der Waals surface area contributed by atoms with Gasteiger partial charge in [-0.15, -0.1) is 0 Å². The minimum absolute atomic E-state index is 0.0811. The lowest BCUT2D eigenvalue weighted by Crippen LogP contribution is -2.34. The number of amides is 1. The summed E-state index contributed by atoms with van der Waals surface area (Å²) in [5.41, 5.74) is 0.261. The Morgan fingerprint density at radius 1 is 1.52 bits per heavy atom. The molecular weight excluding hydrogens is 341 g/mol. The molecule has 0 aliphatic carbocycles. The van der Waals surface area contributed by atoms with Crippen molar-refractivity contribution >= 4 is 27.8 Å². The number of hydrogen-bond donors (Lipinski definition) is 1. The van der Waals surface area contributed by atoms with E-state index in [2.05, 4.69) is 15.9 Å². The highest BCUT2D eigenvalue weighted by Crippen LogP contribution is 2.40. The molecular formula is C15H17BrFNO3. The highest BCUT2D eigenvalue weighted by Gasteiger charge is 2.45. The highest BCUT2D eigenvalue weighted by atomic mass is 79.9. The van der Waals surface area contributed by atoms with Crippen LogP contribution in [0.4, 0.5) is 4.39 Å². The van der Waals surface area contributed by atoms with Crippen LogP contribution in [-0.4, -0.2) is 28.4 Å². The topological polar surface area (TPSA) is 57.6 Å². The Hall–Kier alpha value is -1.43. The fraction of sp³-hybridized carbons (Fsp3) is 0.467. The average molecular weight is 358 g/mol. The molecule has 2 rings (SSSR count). The summed E-state index contributed by atoms with van der Waals surface area (Å²) in [6.45, 7) is 4.30. The third-order valence-corrected chi connectivity index (χ3v) is 4.09. The number of nitrogens with zero attached hydrogens (tertiary/aromatic N) is 1. The van der Waals surface area contributed by atoms with Gasteiger partial charge in [0.2, 0.25) is 5.91 Å². The van der Waals surface area contributed by atoms with E-state index in [9.17, 15) is 19.1 Å². The van der Waals surface area contributed by atoms with Gasteiger partial charge in [-0.05, 0) is 18.1 Å². The Morgan fingerprint density at radius 3 is 2.71 bits per heavy atom. The molecule has 2 unspecified atom stereocenters. The predicted octanol–water partition coefficient (Wildman–Crippen LogP) is 3.22. The van der Waals surface area contributed by atoms with Gasteiger partial charge in [0.25, 0.3) is 0 Å². The summed E-state index contributed by atoms with van der Waals surface area (Å²) in [5.74, 6) is -2.52. The largest absolute Gasteiger partial charge is 0.481 e. The third-order valence-electron chi connectivity index (χ3n) is 3.59. The summed E-state index contributed by atoms with van der Waals surface area (Å²) in [4.78, 5) is 25.0. The zero-order valence-electron chi connectivity index (χ0n) is 11.8. The normalized spacial score (nSPS) is 22.1. The van der Waals surface area contributed by atoms with Crippen molar-refractivity contribution in [2.45, 2.75) is 26.3 Å². The molecule has 1 heterocycles. The first-order valence-electron chi connectivity index (χ1n) is 6.78. The number of likely N-dealkylation sites (tertiary alicyclic amines) is 1. The highest BCUT2D eigenvalue weighted by molar-refractivity contribution is 9.10. The van der Waals surface area contributed by atoms with E-state index >= 15 is 0 Å². The van der Waals surface area contributed by atoms with Gasteiger partial charge in [0.1, 0.15) is 5.82 Å². The molecule has 0 saturated carbocycles. The van der Waals surface area contributed by atoms with E-state index in [0.29, 0.717) is 11.0 Å². The summed E-state index contributed by atoms with van der Waals surface area (Å²) in [5, 5.41) is 9.35. The van der Waals surface area contributed by atoms with Crippen LogP contribution in [0.15, 0.2) is 22.7 Å². The quantitative estimate of drug-likeness (QED) is 0.899. The van der Waals surface area contributed by atoms with Gasteiger partial charge in [-0.25, -0.2) is 4.39 Å².